The van der Waals surface area contributed by atoms with Crippen LogP contribution in [0.15, 0.2) is 0 Å². The fraction of sp³-hybridized carbons (Fsp3) is 0.692. The van der Waals surface area contributed by atoms with Crippen molar-refractivity contribution in [1.82, 2.24) is 10.2 Å². The van der Waals surface area contributed by atoms with Crippen molar-refractivity contribution in [2.75, 3.05) is 13.1 Å². The number of aliphatic carboxylic acids is 2. The number of hydrogen-bond donors (Lipinski definition) is 3. The van der Waals surface area contributed by atoms with Crippen LogP contribution in [0.2, 0.25) is 0 Å². The van der Waals surface area contributed by atoms with Crippen molar-refractivity contribution in [3.8, 4) is 0 Å². The molecule has 1 rings (SSSR count). The van der Waals surface area contributed by atoms with Crippen molar-refractivity contribution in [2.45, 2.75) is 38.8 Å². The maximum Gasteiger partial charge on any atom is 0.407 e. The SMILES string of the molecule is CC(C)(C)OC(=O)NC[C@H](C(=O)O)N1CC(C(=O)O)CC1=O. The normalized spacial score (nSPS) is 19.7. The van der Waals surface area contributed by atoms with Crippen molar-refractivity contribution in [1.29, 1.82) is 0 Å². The molecule has 1 aliphatic rings. The number of ether oxygens (including phenoxy) is 1. The molecule has 3 N–H and O–H groups in total. The number of carboxylic acid groups (broad SMARTS) is 2. The summed E-state index contributed by atoms with van der Waals surface area (Å²) in [7, 11) is 0. The largest absolute Gasteiger partial charge is 0.481 e. The second kappa shape index (κ2) is 6.63. The van der Waals surface area contributed by atoms with E-state index in [-0.39, 0.29) is 19.5 Å². The third-order valence-electron chi connectivity index (χ3n) is 3.01. The zero-order chi connectivity index (χ0) is 17.1. The molecule has 9 nitrogen and oxygen atoms in total. The number of hydrogen-bond acceptors (Lipinski definition) is 5. The molecule has 124 valence electrons. The van der Waals surface area contributed by atoms with Crippen LogP contribution in [0.3, 0.4) is 0 Å². The van der Waals surface area contributed by atoms with Gasteiger partial charge in [-0.25, -0.2) is 9.59 Å². The Morgan fingerprint density at radius 2 is 1.95 bits per heavy atom. The molecule has 2 atom stereocenters. The first-order chi connectivity index (χ1) is 10.0. The van der Waals surface area contributed by atoms with Crippen molar-refractivity contribution in [2.24, 2.45) is 5.92 Å². The second-order valence-electron chi connectivity index (χ2n) is 6.02. The minimum atomic E-state index is -1.33. The Hall–Kier alpha value is -2.32. The van der Waals surface area contributed by atoms with Crippen LogP contribution in [-0.4, -0.2) is 63.8 Å². The summed E-state index contributed by atoms with van der Waals surface area (Å²) in [6, 6.07) is -1.33. The van der Waals surface area contributed by atoms with Gasteiger partial charge in [0.05, 0.1) is 12.5 Å². The van der Waals surface area contributed by atoms with Crippen molar-refractivity contribution >= 4 is 23.9 Å². The maximum absolute atomic E-state index is 11.8. The Balaban J connectivity index is 2.67. The molecular formula is C13H20N2O7. The third-order valence-corrected chi connectivity index (χ3v) is 3.01. The van der Waals surface area contributed by atoms with Gasteiger partial charge in [-0.2, -0.15) is 0 Å². The molecule has 2 amide bonds. The molecule has 22 heavy (non-hydrogen) atoms. The quantitative estimate of drug-likeness (QED) is 0.644. The van der Waals surface area contributed by atoms with Gasteiger partial charge < -0.3 is 25.2 Å². The van der Waals surface area contributed by atoms with Gasteiger partial charge in [-0.15, -0.1) is 0 Å². The Morgan fingerprint density at radius 1 is 1.36 bits per heavy atom. The van der Waals surface area contributed by atoms with Gasteiger partial charge in [0.2, 0.25) is 5.91 Å². The van der Waals surface area contributed by atoms with E-state index < -0.39 is 41.5 Å². The Kier molecular flexibility index (Phi) is 5.34. The summed E-state index contributed by atoms with van der Waals surface area (Å²) < 4.78 is 4.98. The maximum atomic E-state index is 11.8. The zero-order valence-electron chi connectivity index (χ0n) is 12.7. The molecule has 1 fully saturated rings. The Bertz CT molecular complexity index is 483. The first kappa shape index (κ1) is 17.7. The highest BCUT2D eigenvalue weighted by atomic mass is 16.6. The van der Waals surface area contributed by atoms with E-state index in [0.29, 0.717) is 0 Å². The molecule has 0 spiro atoms. The van der Waals surface area contributed by atoms with Gasteiger partial charge in [-0.05, 0) is 20.8 Å². The van der Waals surface area contributed by atoms with Crippen LogP contribution in [0, 0.1) is 5.92 Å². The van der Waals surface area contributed by atoms with Gasteiger partial charge in [0.25, 0.3) is 0 Å². The van der Waals surface area contributed by atoms with Gasteiger partial charge in [0.15, 0.2) is 0 Å². The molecule has 1 unspecified atom stereocenters. The van der Waals surface area contributed by atoms with E-state index in [2.05, 4.69) is 5.32 Å². The van der Waals surface area contributed by atoms with Crippen LogP contribution in [0.4, 0.5) is 4.79 Å². The number of nitrogens with zero attached hydrogens (tertiary/aromatic N) is 1. The lowest BCUT2D eigenvalue weighted by molar-refractivity contribution is -0.148. The van der Waals surface area contributed by atoms with Gasteiger partial charge in [0, 0.05) is 13.0 Å². The van der Waals surface area contributed by atoms with E-state index >= 15 is 0 Å². The van der Waals surface area contributed by atoms with E-state index in [1.807, 2.05) is 0 Å². The van der Waals surface area contributed by atoms with E-state index in [1.165, 1.54) is 0 Å². The van der Waals surface area contributed by atoms with Gasteiger partial charge in [-0.1, -0.05) is 0 Å². The molecule has 0 aromatic heterocycles. The van der Waals surface area contributed by atoms with E-state index in [0.717, 1.165) is 4.90 Å². The molecule has 0 saturated carbocycles. The smallest absolute Gasteiger partial charge is 0.407 e. The van der Waals surface area contributed by atoms with Crippen LogP contribution in [0.1, 0.15) is 27.2 Å². The summed E-state index contributed by atoms with van der Waals surface area (Å²) in [4.78, 5) is 46.4. The number of carboxylic acids is 2. The van der Waals surface area contributed by atoms with Crippen molar-refractivity contribution in [3.05, 3.63) is 0 Å². The average molecular weight is 316 g/mol. The lowest BCUT2D eigenvalue weighted by Crippen LogP contribution is -2.50. The lowest BCUT2D eigenvalue weighted by atomic mass is 10.1. The first-order valence-electron chi connectivity index (χ1n) is 6.73. The number of carbonyl (C=O) groups excluding carboxylic acids is 2. The summed E-state index contributed by atoms with van der Waals surface area (Å²) in [5.41, 5.74) is -0.735. The van der Waals surface area contributed by atoms with Crippen LogP contribution < -0.4 is 5.32 Å². The van der Waals surface area contributed by atoms with E-state index in [9.17, 15) is 24.3 Å². The molecule has 1 saturated heterocycles. The standard InChI is InChI=1S/C13H20N2O7/c1-13(2,3)22-12(21)14-5-8(11(19)20)15-6-7(10(17)18)4-9(15)16/h7-8H,4-6H2,1-3H3,(H,14,21)(H,17,18)(H,19,20)/t7?,8-/m1/s1. The molecule has 0 aromatic rings. The molecular weight excluding hydrogens is 296 g/mol. The van der Waals surface area contributed by atoms with E-state index in [4.69, 9.17) is 9.84 Å². The predicted octanol–water partition coefficient (Wildman–Crippen LogP) is -0.103. The summed E-state index contributed by atoms with van der Waals surface area (Å²) in [6.45, 7) is 4.41. The number of rotatable bonds is 5. The predicted molar refractivity (Wildman–Crippen MR) is 73.1 cm³/mol. The molecule has 0 radical (unpaired) electrons. The molecule has 0 aromatic carbocycles. The van der Waals surface area contributed by atoms with Crippen LogP contribution in [0.25, 0.3) is 0 Å². The van der Waals surface area contributed by atoms with Gasteiger partial charge >= 0.3 is 18.0 Å². The molecule has 1 heterocycles. The summed E-state index contributed by atoms with van der Waals surface area (Å²) in [6.07, 6.45) is -1.05. The molecule has 9 heteroatoms. The third kappa shape index (κ3) is 4.90. The first-order valence-corrected chi connectivity index (χ1v) is 6.73. The Labute approximate surface area is 127 Å². The van der Waals surface area contributed by atoms with Crippen LogP contribution in [-0.2, 0) is 19.1 Å². The van der Waals surface area contributed by atoms with Crippen molar-refractivity contribution in [3.63, 3.8) is 0 Å². The van der Waals surface area contributed by atoms with Crippen molar-refractivity contribution < 1.29 is 34.1 Å². The summed E-state index contributed by atoms with van der Waals surface area (Å²) in [5.74, 6) is -3.97. The number of likely N-dealkylation sites (tertiary alicyclic amines) is 1. The minimum Gasteiger partial charge on any atom is -0.481 e. The number of amides is 2. The summed E-state index contributed by atoms with van der Waals surface area (Å²) >= 11 is 0. The second-order valence-corrected chi connectivity index (χ2v) is 6.02. The van der Waals surface area contributed by atoms with Gasteiger partial charge in [-0.3, -0.25) is 9.59 Å². The monoisotopic (exact) mass is 316 g/mol. The van der Waals surface area contributed by atoms with Crippen LogP contribution in [0.5, 0.6) is 0 Å². The lowest BCUT2D eigenvalue weighted by Gasteiger charge is -2.25. The highest BCUT2D eigenvalue weighted by molar-refractivity contribution is 5.90. The molecule has 0 bridgehead atoms. The molecule has 0 aliphatic carbocycles. The topological polar surface area (TPSA) is 133 Å². The minimum absolute atomic E-state index is 0.193. The number of carbonyl (C=O) groups is 4. The highest BCUT2D eigenvalue weighted by Crippen LogP contribution is 2.20. The number of nitrogens with one attached hydrogen (secondary N) is 1. The fourth-order valence-electron chi connectivity index (χ4n) is 2.02. The Morgan fingerprint density at radius 3 is 2.36 bits per heavy atom. The zero-order valence-corrected chi connectivity index (χ0v) is 12.7. The average Bonchev–Trinajstić information content (AvgIpc) is 2.69. The molecule has 1 aliphatic heterocycles. The summed E-state index contributed by atoms with van der Waals surface area (Å²) in [5, 5.41) is 20.4. The van der Waals surface area contributed by atoms with Crippen LogP contribution >= 0.6 is 0 Å². The fourth-order valence-corrected chi connectivity index (χ4v) is 2.02. The van der Waals surface area contributed by atoms with Gasteiger partial charge in [0.1, 0.15) is 11.6 Å². The van der Waals surface area contributed by atoms with E-state index in [1.54, 1.807) is 20.8 Å². The highest BCUT2D eigenvalue weighted by Gasteiger charge is 2.40. The number of alkyl carbamates (subject to hydrolysis) is 1.